The van der Waals surface area contributed by atoms with Crippen LogP contribution < -0.4 is 47.4 Å². The van der Waals surface area contributed by atoms with Gasteiger partial charge in [0.1, 0.15) is 29.9 Å². The van der Waals surface area contributed by atoms with Crippen LogP contribution >= 0.6 is 0 Å². The fourth-order valence-electron chi connectivity index (χ4n) is 8.21. The van der Waals surface area contributed by atoms with Crippen molar-refractivity contribution in [2.24, 2.45) is 5.73 Å². The van der Waals surface area contributed by atoms with Crippen LogP contribution in [0.3, 0.4) is 0 Å². The minimum atomic E-state index is -1.35. The van der Waals surface area contributed by atoms with E-state index in [-0.39, 0.29) is 56.7 Å². The minimum absolute atomic E-state index is 0.0535. The third kappa shape index (κ3) is 11.2. The Bertz CT molecular complexity index is 2450. The Balaban J connectivity index is 1.15. The van der Waals surface area contributed by atoms with Gasteiger partial charge in [0.15, 0.2) is 0 Å². The first-order chi connectivity index (χ1) is 31.4. The summed E-state index contributed by atoms with van der Waals surface area (Å²) in [6.45, 7) is 0.692. The number of imide groups is 1. The minimum Gasteiger partial charge on any atom is -0.377 e. The lowest BCUT2D eigenvalue weighted by Gasteiger charge is -2.28. The van der Waals surface area contributed by atoms with Crippen LogP contribution in [0.2, 0.25) is 0 Å². The number of rotatable bonds is 10. The molecule has 8 N–H and O–H groups in total. The number of nitrogens with one attached hydrogen (secondary N) is 6. The summed E-state index contributed by atoms with van der Waals surface area (Å²) >= 11 is 0. The third-order valence-electron chi connectivity index (χ3n) is 11.6. The molecule has 1 fully saturated rings. The van der Waals surface area contributed by atoms with Crippen molar-refractivity contribution in [2.45, 2.75) is 76.0 Å². The van der Waals surface area contributed by atoms with E-state index in [9.17, 15) is 53.3 Å². The Morgan fingerprint density at radius 2 is 1.59 bits per heavy atom. The molecule has 0 unspecified atom stereocenters. The van der Waals surface area contributed by atoms with Crippen molar-refractivity contribution in [3.8, 4) is 0 Å². The van der Waals surface area contributed by atoms with Gasteiger partial charge in [-0.15, -0.1) is 0 Å². The van der Waals surface area contributed by atoms with Crippen molar-refractivity contribution in [3.63, 3.8) is 0 Å². The maximum Gasteiger partial charge on any atom is 0.292 e. The highest BCUT2D eigenvalue weighted by Crippen LogP contribution is 2.35. The van der Waals surface area contributed by atoms with E-state index >= 15 is 0 Å². The summed E-state index contributed by atoms with van der Waals surface area (Å²) in [5.41, 5.74) is 7.21. The average Bonchev–Trinajstić information content (AvgIpc) is 3.41. The molecule has 4 heterocycles. The Hall–Kier alpha value is -7.65. The molecule has 4 aliphatic heterocycles. The van der Waals surface area contributed by atoms with Gasteiger partial charge >= 0.3 is 0 Å². The van der Waals surface area contributed by atoms with Gasteiger partial charge < -0.3 is 47.4 Å². The topological polar surface area (TPSA) is 305 Å². The molecule has 1 saturated heterocycles. The fourth-order valence-corrected chi connectivity index (χ4v) is 8.21. The number of amides is 9. The van der Waals surface area contributed by atoms with Crippen molar-refractivity contribution >= 4 is 81.0 Å². The van der Waals surface area contributed by atoms with Crippen LogP contribution in [0.25, 0.3) is 10.8 Å². The Kier molecular flexibility index (Phi) is 15.1. The van der Waals surface area contributed by atoms with Gasteiger partial charge in [-0.3, -0.25) is 58.2 Å². The third-order valence-corrected chi connectivity index (χ3v) is 11.6. The van der Waals surface area contributed by atoms with E-state index in [0.717, 1.165) is 11.1 Å². The van der Waals surface area contributed by atoms with Crippen LogP contribution in [0, 0.1) is 10.1 Å². The van der Waals surface area contributed by atoms with Gasteiger partial charge in [-0.2, -0.15) is 0 Å². The molecule has 4 bridgehead atoms. The van der Waals surface area contributed by atoms with Crippen molar-refractivity contribution in [2.75, 3.05) is 56.6 Å². The summed E-state index contributed by atoms with van der Waals surface area (Å²) < 4.78 is 0. The van der Waals surface area contributed by atoms with Gasteiger partial charge in [-0.1, -0.05) is 18.2 Å². The number of hydrogen-bond acceptors (Lipinski definition) is 13. The van der Waals surface area contributed by atoms with E-state index in [2.05, 4.69) is 31.9 Å². The van der Waals surface area contributed by atoms with Crippen LogP contribution in [0.4, 0.5) is 17.1 Å². The molecule has 0 aromatic heterocycles. The first kappa shape index (κ1) is 47.8. The second kappa shape index (κ2) is 20.9. The molecule has 22 heteroatoms. The number of nitro groups is 1. The maximum atomic E-state index is 13.6. The predicted octanol–water partition coefficient (Wildman–Crippen LogP) is -0.496. The number of nitrogens with zero attached hydrogens (tertiary/aromatic N) is 4. The monoisotopic (exact) mass is 911 g/mol. The number of hydrogen-bond donors (Lipinski definition) is 7. The number of anilines is 2. The first-order valence-corrected chi connectivity index (χ1v) is 21.6. The highest BCUT2D eigenvalue weighted by molar-refractivity contribution is 6.26. The summed E-state index contributed by atoms with van der Waals surface area (Å²) in [4.78, 5) is 134. The van der Waals surface area contributed by atoms with Gasteiger partial charge in [0.2, 0.25) is 41.4 Å². The number of carbonyl (C=O) groups is 9. The van der Waals surface area contributed by atoms with Gasteiger partial charge in [0, 0.05) is 73.8 Å². The zero-order valence-electron chi connectivity index (χ0n) is 36.8. The molecule has 350 valence electrons. The van der Waals surface area contributed by atoms with Crippen molar-refractivity contribution in [1.29, 1.82) is 0 Å². The summed E-state index contributed by atoms with van der Waals surface area (Å²) in [5.74, 6) is -5.94. The molecular weight excluding hydrogens is 859 g/mol. The van der Waals surface area contributed by atoms with Crippen LogP contribution in [0.15, 0.2) is 48.5 Å². The smallest absolute Gasteiger partial charge is 0.292 e. The summed E-state index contributed by atoms with van der Waals surface area (Å²) in [6.07, 6.45) is 0.766. The van der Waals surface area contributed by atoms with Crippen LogP contribution in [-0.2, 0) is 40.0 Å². The fraction of sp³-hybridized carbons (Fsp3) is 0.432. The first-order valence-electron chi connectivity index (χ1n) is 21.6. The SMILES string of the molecule is C[C@@H]1NC(=O)CNC(=O)[C@@H]2CC(=O)N[C@@H](CCCCN(CC(=O)NCCCCN3C(=O)c4cccc5c(N(C)C)ccc(c45)C3=O)c3ccc(cc3[N+](=O)[O-])C[C@H](C(N)=O)NC1=O)C(=O)N2. The molecule has 7 rings (SSSR count). The standard InChI is InChI=1S/C44H53N11O11/c1-24-40(60)50-30(39(45)59)19-25-12-14-33(34(20-25)55(65)66)53(17-6-4-11-29-42(62)51-31(21-35(56)49-29)41(61)47-22-36(57)48-24)23-37(58)46-16-5-7-18-54-43(63)27-10-8-9-26-32(52(2)3)15-13-28(38(26)27)44(54)64/h8-10,12-15,20,24,29-31H,4-7,11,16-19,21-23H2,1-3H3,(H2,45,59)(H,46,58)(H,47,61)(H,48,57)(H,49,56)(H,50,60)(H,51,62)/t24-,29-,30+,31-/m0/s1. The molecule has 9 amide bonds. The maximum absolute atomic E-state index is 13.6. The number of nitro benzene ring substituents is 1. The van der Waals surface area contributed by atoms with E-state index in [4.69, 9.17) is 5.73 Å². The van der Waals surface area contributed by atoms with E-state index < -0.39 is 101 Å². The van der Waals surface area contributed by atoms with E-state index in [1.54, 1.807) is 18.2 Å². The zero-order chi connectivity index (χ0) is 47.8. The highest BCUT2D eigenvalue weighted by atomic mass is 16.6. The van der Waals surface area contributed by atoms with Crippen molar-refractivity contribution < 1.29 is 48.1 Å². The lowest BCUT2D eigenvalue weighted by molar-refractivity contribution is -0.384. The molecule has 22 nitrogen and oxygen atoms in total. The van der Waals surface area contributed by atoms with Crippen LogP contribution in [0.1, 0.15) is 71.7 Å². The van der Waals surface area contributed by atoms with E-state index in [1.807, 2.05) is 31.1 Å². The average molecular weight is 912 g/mol. The normalized spacial score (nSPS) is 21.0. The van der Waals surface area contributed by atoms with Gasteiger partial charge in [-0.05, 0) is 68.9 Å². The largest absolute Gasteiger partial charge is 0.377 e. The molecular formula is C44H53N11O11. The second-order valence-corrected chi connectivity index (χ2v) is 16.6. The lowest BCUT2D eigenvalue weighted by Crippen LogP contribution is -2.54. The molecule has 3 aromatic carbocycles. The summed E-state index contributed by atoms with van der Waals surface area (Å²) in [5, 5.41) is 29.1. The highest BCUT2D eigenvalue weighted by Gasteiger charge is 2.35. The summed E-state index contributed by atoms with van der Waals surface area (Å²) in [6, 6.07) is 8.11. The van der Waals surface area contributed by atoms with Crippen LogP contribution in [0.5, 0.6) is 0 Å². The molecule has 0 radical (unpaired) electrons. The summed E-state index contributed by atoms with van der Waals surface area (Å²) in [7, 11) is 3.77. The molecule has 4 atom stereocenters. The van der Waals surface area contributed by atoms with Gasteiger partial charge in [0.25, 0.3) is 17.5 Å². The Labute approximate surface area is 378 Å². The lowest BCUT2D eigenvalue weighted by atomic mass is 9.92. The number of nitrogens with two attached hydrogens (primary N) is 1. The molecule has 4 aliphatic rings. The quantitative estimate of drug-likeness (QED) is 0.0445. The number of benzene rings is 3. The van der Waals surface area contributed by atoms with Gasteiger partial charge in [-0.25, -0.2) is 0 Å². The number of carbonyl (C=O) groups excluding carboxylic acids is 9. The molecule has 66 heavy (non-hydrogen) atoms. The number of fused-ring (bicyclic) bond motifs is 15. The second-order valence-electron chi connectivity index (χ2n) is 16.6. The van der Waals surface area contributed by atoms with Crippen molar-refractivity contribution in [3.05, 3.63) is 75.3 Å². The van der Waals surface area contributed by atoms with Gasteiger partial charge in [0.05, 0.1) is 24.4 Å². The van der Waals surface area contributed by atoms with Crippen LogP contribution in [-0.4, -0.2) is 134 Å². The molecule has 3 aromatic rings. The Morgan fingerprint density at radius 3 is 2.30 bits per heavy atom. The molecule has 0 saturated carbocycles. The molecule has 0 spiro atoms. The Morgan fingerprint density at radius 1 is 0.848 bits per heavy atom. The predicted molar refractivity (Wildman–Crippen MR) is 239 cm³/mol. The van der Waals surface area contributed by atoms with Crippen molar-refractivity contribution in [1.82, 2.24) is 36.8 Å². The zero-order valence-corrected chi connectivity index (χ0v) is 36.8. The van der Waals surface area contributed by atoms with E-state index in [0.29, 0.717) is 35.8 Å². The number of primary amides is 1. The molecule has 0 aliphatic carbocycles. The van der Waals surface area contributed by atoms with E-state index in [1.165, 1.54) is 34.9 Å². The number of unbranched alkanes of at least 4 members (excludes halogenated alkanes) is 1.